The predicted octanol–water partition coefficient (Wildman–Crippen LogP) is 3.08. The van der Waals surface area contributed by atoms with Crippen molar-refractivity contribution in [2.45, 2.75) is 52.4 Å². The average molecular weight is 228 g/mol. The summed E-state index contributed by atoms with van der Waals surface area (Å²) in [5.41, 5.74) is -0.510. The lowest BCUT2D eigenvalue weighted by Crippen LogP contribution is -2.43. The van der Waals surface area contributed by atoms with E-state index in [9.17, 15) is 9.90 Å². The predicted molar refractivity (Wildman–Crippen MR) is 63.4 cm³/mol. The molecule has 0 aromatic rings. The minimum Gasteiger partial charge on any atom is -0.481 e. The molecule has 1 aliphatic heterocycles. The lowest BCUT2D eigenvalue weighted by molar-refractivity contribution is -0.161. The molecule has 1 fully saturated rings. The van der Waals surface area contributed by atoms with Crippen LogP contribution in [-0.2, 0) is 9.53 Å². The Balaban J connectivity index is 2.82. The molecule has 0 atom stereocenters. The molecule has 0 radical (unpaired) electrons. The molecule has 0 unspecified atom stereocenters. The largest absolute Gasteiger partial charge is 0.481 e. The van der Waals surface area contributed by atoms with Crippen LogP contribution in [0.25, 0.3) is 0 Å². The van der Waals surface area contributed by atoms with Gasteiger partial charge in [-0.2, -0.15) is 0 Å². The van der Waals surface area contributed by atoms with Gasteiger partial charge in [-0.3, -0.25) is 4.79 Å². The Morgan fingerprint density at radius 3 is 2.12 bits per heavy atom. The molecule has 0 bridgehead atoms. The lowest BCUT2D eigenvalue weighted by Gasteiger charge is -2.40. The van der Waals surface area contributed by atoms with E-state index in [-0.39, 0.29) is 0 Å². The van der Waals surface area contributed by atoms with Crippen molar-refractivity contribution in [2.75, 3.05) is 13.2 Å². The second kappa shape index (κ2) is 6.24. The van der Waals surface area contributed by atoms with Crippen molar-refractivity contribution >= 4 is 5.97 Å². The van der Waals surface area contributed by atoms with Crippen molar-refractivity contribution in [3.8, 4) is 0 Å². The summed E-state index contributed by atoms with van der Waals surface area (Å²) in [5, 5.41) is 9.56. The lowest BCUT2D eigenvalue weighted by atomic mass is 9.66. The van der Waals surface area contributed by atoms with Crippen LogP contribution in [0.2, 0.25) is 0 Å². The molecule has 0 spiro atoms. The first-order valence-corrected chi connectivity index (χ1v) is 6.48. The number of ether oxygens (including phenoxy) is 1. The van der Waals surface area contributed by atoms with Crippen LogP contribution >= 0.6 is 0 Å². The first-order chi connectivity index (χ1) is 7.67. The zero-order chi connectivity index (χ0) is 12.0. The monoisotopic (exact) mass is 228 g/mol. The van der Waals surface area contributed by atoms with Gasteiger partial charge in [0.1, 0.15) is 0 Å². The van der Waals surface area contributed by atoms with Gasteiger partial charge in [0.25, 0.3) is 0 Å². The van der Waals surface area contributed by atoms with Crippen LogP contribution in [0.15, 0.2) is 0 Å². The third-order valence-electron chi connectivity index (χ3n) is 3.87. The Bertz CT molecular complexity index is 213. The average Bonchev–Trinajstić information content (AvgIpc) is 2.29. The summed E-state index contributed by atoms with van der Waals surface area (Å²) in [6, 6.07) is 0. The van der Waals surface area contributed by atoms with Crippen molar-refractivity contribution in [1.29, 1.82) is 0 Å². The van der Waals surface area contributed by atoms with Crippen molar-refractivity contribution in [2.24, 2.45) is 11.3 Å². The van der Waals surface area contributed by atoms with Crippen LogP contribution in [0.4, 0.5) is 0 Å². The molecular weight excluding hydrogens is 204 g/mol. The van der Waals surface area contributed by atoms with Crippen molar-refractivity contribution < 1.29 is 14.6 Å². The molecule has 0 aliphatic carbocycles. The summed E-state index contributed by atoms with van der Waals surface area (Å²) < 4.78 is 5.32. The van der Waals surface area contributed by atoms with Gasteiger partial charge in [0.15, 0.2) is 0 Å². The maximum Gasteiger partial charge on any atom is 0.310 e. The fraction of sp³-hybridized carbons (Fsp3) is 0.923. The SMILES string of the molecule is CCCC(CCC)C1(C(=O)O)CCOCC1. The first-order valence-electron chi connectivity index (χ1n) is 6.48. The van der Waals surface area contributed by atoms with E-state index in [0.717, 1.165) is 25.7 Å². The Hall–Kier alpha value is -0.570. The van der Waals surface area contributed by atoms with E-state index in [1.165, 1.54) is 0 Å². The quantitative estimate of drug-likeness (QED) is 0.760. The van der Waals surface area contributed by atoms with E-state index in [1.54, 1.807) is 0 Å². The van der Waals surface area contributed by atoms with Crippen LogP contribution in [0, 0.1) is 11.3 Å². The van der Waals surface area contributed by atoms with E-state index in [0.29, 0.717) is 32.0 Å². The number of carboxylic acids is 1. The molecule has 1 saturated heterocycles. The molecule has 16 heavy (non-hydrogen) atoms. The van der Waals surface area contributed by atoms with Crippen LogP contribution in [-0.4, -0.2) is 24.3 Å². The molecule has 1 rings (SSSR count). The van der Waals surface area contributed by atoms with Gasteiger partial charge in [-0.05, 0) is 31.6 Å². The summed E-state index contributed by atoms with van der Waals surface area (Å²) in [6.45, 7) is 5.49. The summed E-state index contributed by atoms with van der Waals surface area (Å²) >= 11 is 0. The standard InChI is InChI=1S/C13H24O3/c1-3-5-11(6-4-2)13(12(14)15)7-9-16-10-8-13/h11H,3-10H2,1-2H3,(H,14,15). The van der Waals surface area contributed by atoms with Crippen molar-refractivity contribution in [3.05, 3.63) is 0 Å². The number of hydrogen-bond donors (Lipinski definition) is 1. The highest BCUT2D eigenvalue weighted by atomic mass is 16.5. The highest BCUT2D eigenvalue weighted by Gasteiger charge is 2.45. The van der Waals surface area contributed by atoms with Gasteiger partial charge in [-0.25, -0.2) is 0 Å². The maximum absolute atomic E-state index is 11.6. The van der Waals surface area contributed by atoms with E-state index >= 15 is 0 Å². The zero-order valence-corrected chi connectivity index (χ0v) is 10.5. The Kier molecular flexibility index (Phi) is 5.26. The Morgan fingerprint density at radius 2 is 1.75 bits per heavy atom. The highest BCUT2D eigenvalue weighted by molar-refractivity contribution is 5.75. The van der Waals surface area contributed by atoms with E-state index < -0.39 is 11.4 Å². The molecule has 0 saturated carbocycles. The van der Waals surface area contributed by atoms with Gasteiger partial charge in [0.05, 0.1) is 5.41 Å². The smallest absolute Gasteiger partial charge is 0.310 e. The summed E-state index contributed by atoms with van der Waals surface area (Å²) in [6.07, 6.45) is 5.57. The van der Waals surface area contributed by atoms with Crippen LogP contribution in [0.5, 0.6) is 0 Å². The van der Waals surface area contributed by atoms with E-state index in [4.69, 9.17) is 4.74 Å². The maximum atomic E-state index is 11.6. The fourth-order valence-electron chi connectivity index (χ4n) is 2.93. The number of aliphatic carboxylic acids is 1. The third-order valence-corrected chi connectivity index (χ3v) is 3.87. The van der Waals surface area contributed by atoms with Gasteiger partial charge in [0, 0.05) is 13.2 Å². The normalized spacial score (nSPS) is 19.9. The number of carbonyl (C=O) groups is 1. The Morgan fingerprint density at radius 1 is 1.25 bits per heavy atom. The van der Waals surface area contributed by atoms with Gasteiger partial charge < -0.3 is 9.84 Å². The molecule has 94 valence electrons. The molecule has 0 aromatic heterocycles. The molecule has 1 aliphatic rings. The van der Waals surface area contributed by atoms with E-state index in [1.807, 2.05) is 0 Å². The minimum absolute atomic E-state index is 0.323. The van der Waals surface area contributed by atoms with Crippen LogP contribution in [0.3, 0.4) is 0 Å². The van der Waals surface area contributed by atoms with Crippen LogP contribution < -0.4 is 0 Å². The second-order valence-corrected chi connectivity index (χ2v) is 4.85. The highest BCUT2D eigenvalue weighted by Crippen LogP contribution is 2.43. The van der Waals surface area contributed by atoms with Gasteiger partial charge in [-0.15, -0.1) is 0 Å². The summed E-state index contributed by atoms with van der Waals surface area (Å²) in [4.78, 5) is 11.6. The zero-order valence-electron chi connectivity index (χ0n) is 10.5. The summed E-state index contributed by atoms with van der Waals surface area (Å²) in [7, 11) is 0. The molecule has 1 heterocycles. The fourth-order valence-corrected chi connectivity index (χ4v) is 2.93. The van der Waals surface area contributed by atoms with Crippen molar-refractivity contribution in [3.63, 3.8) is 0 Å². The second-order valence-electron chi connectivity index (χ2n) is 4.85. The van der Waals surface area contributed by atoms with Gasteiger partial charge in [0.2, 0.25) is 0 Å². The number of hydrogen-bond acceptors (Lipinski definition) is 2. The number of rotatable bonds is 6. The van der Waals surface area contributed by atoms with Gasteiger partial charge >= 0.3 is 5.97 Å². The molecule has 3 nitrogen and oxygen atoms in total. The summed E-state index contributed by atoms with van der Waals surface area (Å²) in [5.74, 6) is -0.286. The molecule has 0 amide bonds. The van der Waals surface area contributed by atoms with Crippen molar-refractivity contribution in [1.82, 2.24) is 0 Å². The minimum atomic E-state index is -0.609. The van der Waals surface area contributed by atoms with Crippen LogP contribution in [0.1, 0.15) is 52.4 Å². The first kappa shape index (κ1) is 13.5. The van der Waals surface area contributed by atoms with Gasteiger partial charge in [-0.1, -0.05) is 26.7 Å². The molecular formula is C13H24O3. The third kappa shape index (κ3) is 2.76. The number of carboxylic acid groups (broad SMARTS) is 1. The molecule has 0 aromatic carbocycles. The van der Waals surface area contributed by atoms with E-state index in [2.05, 4.69) is 13.8 Å². The Labute approximate surface area is 98.2 Å². The molecule has 1 N–H and O–H groups in total. The topological polar surface area (TPSA) is 46.5 Å². The molecule has 3 heteroatoms.